The molecule has 0 saturated heterocycles. The normalized spacial score (nSPS) is 11.1. The highest BCUT2D eigenvalue weighted by molar-refractivity contribution is 6.05. The van der Waals surface area contributed by atoms with Gasteiger partial charge in [-0.2, -0.15) is 0 Å². The van der Waals surface area contributed by atoms with Crippen molar-refractivity contribution in [3.8, 4) is 16.9 Å². The van der Waals surface area contributed by atoms with Gasteiger partial charge in [-0.3, -0.25) is 9.69 Å². The van der Waals surface area contributed by atoms with Gasteiger partial charge in [-0.1, -0.05) is 26.0 Å². The summed E-state index contributed by atoms with van der Waals surface area (Å²) in [7, 11) is 1.79. The summed E-state index contributed by atoms with van der Waals surface area (Å²) in [4.78, 5) is 24.1. The summed E-state index contributed by atoms with van der Waals surface area (Å²) in [6, 6.07) is 16.9. The molecule has 1 heterocycles. The fourth-order valence-electron chi connectivity index (χ4n) is 4.08. The molecule has 0 bridgehead atoms. The summed E-state index contributed by atoms with van der Waals surface area (Å²) in [6.45, 7) is 8.60. The van der Waals surface area contributed by atoms with Crippen LogP contribution in [-0.2, 0) is 6.54 Å². The van der Waals surface area contributed by atoms with Gasteiger partial charge >= 0.3 is 0 Å². The summed E-state index contributed by atoms with van der Waals surface area (Å²) >= 11 is 0. The predicted molar refractivity (Wildman–Crippen MR) is 142 cm³/mol. The number of carbonyl (C=O) groups excluding carboxylic acids is 1. The van der Waals surface area contributed by atoms with Crippen LogP contribution in [0.3, 0.4) is 0 Å². The lowest BCUT2D eigenvalue weighted by molar-refractivity contribution is 0.102. The zero-order valence-electron chi connectivity index (χ0n) is 20.6. The van der Waals surface area contributed by atoms with Gasteiger partial charge in [0.2, 0.25) is 5.95 Å². The van der Waals surface area contributed by atoms with Crippen molar-refractivity contribution in [2.75, 3.05) is 30.8 Å². The van der Waals surface area contributed by atoms with Crippen LogP contribution in [0.15, 0.2) is 60.8 Å². The second-order valence-corrected chi connectivity index (χ2v) is 8.51. The molecule has 0 saturated carbocycles. The van der Waals surface area contributed by atoms with Crippen molar-refractivity contribution in [1.29, 1.82) is 0 Å². The first-order chi connectivity index (χ1) is 16.9. The summed E-state index contributed by atoms with van der Waals surface area (Å²) in [5.74, 6) is 0.609. The minimum absolute atomic E-state index is 0.200. The monoisotopic (exact) mass is 469 g/mol. The van der Waals surface area contributed by atoms with Crippen molar-refractivity contribution < 1.29 is 9.90 Å². The molecule has 0 aliphatic carbocycles. The molecule has 4 aromatic rings. The highest BCUT2D eigenvalue weighted by Gasteiger charge is 2.13. The zero-order chi connectivity index (χ0) is 24.9. The number of hydrogen-bond acceptors (Lipinski definition) is 6. The average Bonchev–Trinajstić information content (AvgIpc) is 2.88. The number of amides is 1. The van der Waals surface area contributed by atoms with Gasteiger partial charge in [-0.05, 0) is 79.2 Å². The number of aromatic hydroxyl groups is 1. The number of aryl methyl sites for hydroxylation is 1. The van der Waals surface area contributed by atoms with Gasteiger partial charge in [0, 0.05) is 42.0 Å². The Hall–Kier alpha value is -3.97. The van der Waals surface area contributed by atoms with Crippen LogP contribution in [0.2, 0.25) is 0 Å². The van der Waals surface area contributed by atoms with Crippen LogP contribution in [0.1, 0.15) is 35.3 Å². The third kappa shape index (κ3) is 5.41. The van der Waals surface area contributed by atoms with Gasteiger partial charge in [0.1, 0.15) is 5.75 Å². The largest absolute Gasteiger partial charge is 0.508 e. The molecular weight excluding hydrogens is 438 g/mol. The van der Waals surface area contributed by atoms with Crippen LogP contribution in [0.25, 0.3) is 22.0 Å². The second-order valence-electron chi connectivity index (χ2n) is 8.51. The zero-order valence-corrected chi connectivity index (χ0v) is 20.6. The molecule has 3 N–H and O–H groups in total. The molecule has 0 fully saturated rings. The van der Waals surface area contributed by atoms with Gasteiger partial charge in [0.05, 0.1) is 5.52 Å². The smallest absolute Gasteiger partial charge is 0.255 e. The number of carbonyl (C=O) groups is 1. The number of phenols is 1. The summed E-state index contributed by atoms with van der Waals surface area (Å²) in [6.07, 6.45) is 1.80. The molecule has 0 atom stereocenters. The summed E-state index contributed by atoms with van der Waals surface area (Å²) in [5, 5.41) is 17.1. The topological polar surface area (TPSA) is 90.4 Å². The van der Waals surface area contributed by atoms with Crippen LogP contribution in [0, 0.1) is 6.92 Å². The minimum atomic E-state index is -0.200. The molecule has 0 unspecified atom stereocenters. The Morgan fingerprint density at radius 1 is 1.03 bits per heavy atom. The molecule has 0 aliphatic rings. The minimum Gasteiger partial charge on any atom is -0.508 e. The van der Waals surface area contributed by atoms with E-state index in [0.717, 1.165) is 46.2 Å². The van der Waals surface area contributed by atoms with Crippen LogP contribution >= 0.6 is 0 Å². The van der Waals surface area contributed by atoms with Crippen LogP contribution in [-0.4, -0.2) is 46.0 Å². The first-order valence-corrected chi connectivity index (χ1v) is 11.8. The Labute approximate surface area is 205 Å². The van der Waals surface area contributed by atoms with Gasteiger partial charge in [-0.15, -0.1) is 0 Å². The first-order valence-electron chi connectivity index (χ1n) is 11.8. The van der Waals surface area contributed by atoms with E-state index in [1.54, 1.807) is 25.4 Å². The number of hydrogen-bond donors (Lipinski definition) is 3. The lowest BCUT2D eigenvalue weighted by atomic mass is 9.97. The number of fused-ring (bicyclic) bond motifs is 1. The molecule has 7 heteroatoms. The van der Waals surface area contributed by atoms with E-state index in [-0.39, 0.29) is 11.7 Å². The lowest BCUT2D eigenvalue weighted by Crippen LogP contribution is -2.22. The van der Waals surface area contributed by atoms with Crippen molar-refractivity contribution in [2.45, 2.75) is 27.3 Å². The molecule has 4 rings (SSSR count). The number of nitrogens with one attached hydrogen (secondary N) is 2. The Bertz CT molecular complexity index is 1370. The third-order valence-corrected chi connectivity index (χ3v) is 6.24. The Morgan fingerprint density at radius 2 is 1.83 bits per heavy atom. The SMILES string of the molecule is CCN(CC)Cc1cc(NC(=O)c2ccc(C)c(-c3ccc4nc(NC)ncc4c3)c2)ccc1O. The maximum atomic E-state index is 13.1. The number of rotatable bonds is 8. The maximum absolute atomic E-state index is 13.1. The van der Waals surface area contributed by atoms with E-state index in [0.29, 0.717) is 23.7 Å². The van der Waals surface area contributed by atoms with Gasteiger partial charge < -0.3 is 15.7 Å². The molecular formula is C28H31N5O2. The highest BCUT2D eigenvalue weighted by Crippen LogP contribution is 2.29. The molecule has 3 aromatic carbocycles. The summed E-state index contributed by atoms with van der Waals surface area (Å²) in [5.41, 5.74) is 5.90. The van der Waals surface area contributed by atoms with E-state index < -0.39 is 0 Å². The van der Waals surface area contributed by atoms with E-state index in [4.69, 9.17) is 0 Å². The van der Waals surface area contributed by atoms with Gasteiger partial charge in [0.15, 0.2) is 0 Å². The van der Waals surface area contributed by atoms with Crippen LogP contribution < -0.4 is 10.6 Å². The number of anilines is 2. The summed E-state index contributed by atoms with van der Waals surface area (Å²) < 4.78 is 0. The Kier molecular flexibility index (Phi) is 7.27. The Balaban J connectivity index is 1.59. The van der Waals surface area contributed by atoms with E-state index in [2.05, 4.69) is 39.3 Å². The average molecular weight is 470 g/mol. The fraction of sp³-hybridized carbons (Fsp3) is 0.250. The van der Waals surface area contributed by atoms with Gasteiger partial charge in [0.25, 0.3) is 5.91 Å². The maximum Gasteiger partial charge on any atom is 0.255 e. The van der Waals surface area contributed by atoms with Gasteiger partial charge in [-0.25, -0.2) is 9.97 Å². The number of nitrogens with zero attached hydrogens (tertiary/aromatic N) is 3. The lowest BCUT2D eigenvalue weighted by Gasteiger charge is -2.19. The number of phenolic OH excluding ortho intramolecular Hbond substituents is 1. The van der Waals surface area contributed by atoms with Crippen LogP contribution in [0.5, 0.6) is 5.75 Å². The second kappa shape index (κ2) is 10.5. The molecule has 0 spiro atoms. The van der Waals surface area contributed by atoms with Crippen molar-refractivity contribution in [2.24, 2.45) is 0 Å². The molecule has 1 aromatic heterocycles. The molecule has 35 heavy (non-hydrogen) atoms. The highest BCUT2D eigenvalue weighted by atomic mass is 16.3. The first kappa shape index (κ1) is 24.2. The quantitative estimate of drug-likeness (QED) is 0.298. The van der Waals surface area contributed by atoms with Crippen molar-refractivity contribution in [3.63, 3.8) is 0 Å². The molecule has 180 valence electrons. The number of benzene rings is 3. The van der Waals surface area contributed by atoms with Crippen LogP contribution in [0.4, 0.5) is 11.6 Å². The Morgan fingerprint density at radius 3 is 2.57 bits per heavy atom. The fourth-order valence-corrected chi connectivity index (χ4v) is 4.08. The number of aromatic nitrogens is 2. The molecule has 7 nitrogen and oxygen atoms in total. The third-order valence-electron chi connectivity index (χ3n) is 6.24. The van der Waals surface area contributed by atoms with Crippen molar-refractivity contribution in [1.82, 2.24) is 14.9 Å². The van der Waals surface area contributed by atoms with E-state index in [9.17, 15) is 9.90 Å². The molecule has 0 aliphatic heterocycles. The van der Waals surface area contributed by atoms with E-state index in [1.165, 1.54) is 0 Å². The van der Waals surface area contributed by atoms with E-state index in [1.807, 2.05) is 49.4 Å². The molecule has 0 radical (unpaired) electrons. The predicted octanol–water partition coefficient (Wildman–Crippen LogP) is 5.45. The van der Waals surface area contributed by atoms with Crippen molar-refractivity contribution >= 4 is 28.4 Å². The standard InChI is InChI=1S/C28H31N5O2/c1-5-33(6-2)17-22-14-23(10-12-26(22)34)31-27(35)20-8-7-18(3)24(15-20)19-9-11-25-21(13-19)16-30-28(29-4)32-25/h7-16,34H,5-6,17H2,1-4H3,(H,31,35)(H,29,30,32). The molecule has 1 amide bonds. The van der Waals surface area contributed by atoms with E-state index >= 15 is 0 Å². The van der Waals surface area contributed by atoms with Crippen molar-refractivity contribution in [3.05, 3.63) is 77.5 Å².